The van der Waals surface area contributed by atoms with Crippen molar-refractivity contribution in [3.63, 3.8) is 0 Å². The molecule has 2 heterocycles. The van der Waals surface area contributed by atoms with Gasteiger partial charge in [0.25, 0.3) is 22.9 Å². The molecule has 3 aromatic carbocycles. The number of aliphatic carboxylic acids is 1. The molecule has 14 nitrogen and oxygen atoms in total. The number of nitrogens with one attached hydrogen (secondary N) is 2. The molecule has 0 bridgehead atoms. The highest BCUT2D eigenvalue weighted by Gasteiger charge is 2.27. The van der Waals surface area contributed by atoms with Gasteiger partial charge in [0.05, 0.1) is 41.5 Å². The monoisotopic (exact) mass is 1140 g/mol. The van der Waals surface area contributed by atoms with E-state index in [1.165, 1.54) is 72.9 Å². The van der Waals surface area contributed by atoms with E-state index in [0.717, 1.165) is 19.4 Å². The minimum Gasteiger partial charge on any atom is -0.479 e. The maximum absolute atomic E-state index is 13.4. The number of halogens is 9. The normalized spacial score (nSPS) is 10.9. The average Bonchev–Trinajstić information content (AvgIpc) is 3.29. The van der Waals surface area contributed by atoms with Gasteiger partial charge in [0.1, 0.15) is 5.69 Å². The number of nitrogens with zero attached hydrogens (tertiary/aromatic N) is 3. The summed E-state index contributed by atoms with van der Waals surface area (Å²) in [5.74, 6) is -2.85. The number of rotatable bonds is 10. The Morgan fingerprint density at radius 3 is 1.37 bits per heavy atom. The number of benzene rings is 3. The SMILES string of the molecule is CC(C)(F)C(=O)NCc1ccc(Cl)c(N)c1Cl.CC(C)(F)C(=O)NCc1ccc(Cl)c(N=CC=S)c1Cl.CC(C)(F)C(=O)O.NCc1ccc(Cl)c(N)c1Cl.O=c1ccccn1C(=S)n1ccccc1=O. The lowest BCUT2D eigenvalue weighted by Gasteiger charge is -2.15. The summed E-state index contributed by atoms with van der Waals surface area (Å²) in [5.41, 5.74) is 13.1. The molecule has 25 heteroatoms. The van der Waals surface area contributed by atoms with Crippen LogP contribution in [0.4, 0.5) is 30.2 Å². The second-order valence-electron chi connectivity index (χ2n) is 15.5. The van der Waals surface area contributed by atoms with E-state index < -0.39 is 34.8 Å². The number of hydrogen-bond donors (Lipinski definition) is 6. The second kappa shape index (κ2) is 29.4. The van der Waals surface area contributed by atoms with Gasteiger partial charge in [-0.05, 0) is 101 Å². The van der Waals surface area contributed by atoms with Crippen LogP contribution in [0.15, 0.2) is 99.8 Å². The van der Waals surface area contributed by atoms with E-state index >= 15 is 0 Å². The van der Waals surface area contributed by atoms with Crippen molar-refractivity contribution < 1.29 is 32.7 Å². The Balaban J connectivity index is 0.000000459. The number of carbonyl (C=O) groups is 3. The molecule has 0 aliphatic rings. The fourth-order valence-electron chi connectivity index (χ4n) is 4.52. The van der Waals surface area contributed by atoms with E-state index in [4.69, 9.17) is 104 Å². The first-order chi connectivity index (χ1) is 32.8. The first-order valence-electron chi connectivity index (χ1n) is 20.2. The topological polar surface area (TPSA) is 230 Å². The van der Waals surface area contributed by atoms with Crippen LogP contribution in [0.2, 0.25) is 30.1 Å². The minimum atomic E-state index is -2.08. The van der Waals surface area contributed by atoms with Crippen molar-refractivity contribution in [2.75, 3.05) is 11.5 Å². The predicted octanol–water partition coefficient (Wildman–Crippen LogP) is 10.5. The third-order valence-electron chi connectivity index (χ3n) is 8.57. The predicted molar refractivity (Wildman–Crippen MR) is 290 cm³/mol. The van der Waals surface area contributed by atoms with Gasteiger partial charge >= 0.3 is 5.97 Å². The third-order valence-corrected chi connectivity index (χ3v) is 11.4. The van der Waals surface area contributed by atoms with Crippen LogP contribution in [0.3, 0.4) is 0 Å². The molecule has 2 amide bonds. The molecule has 5 rings (SSSR count). The van der Waals surface area contributed by atoms with Crippen molar-refractivity contribution in [3.8, 4) is 0 Å². The number of thiocarbonyl (C=S) groups is 2. The van der Waals surface area contributed by atoms with Gasteiger partial charge in [-0.2, -0.15) is 0 Å². The van der Waals surface area contributed by atoms with Crippen LogP contribution >= 0.6 is 94.0 Å². The third kappa shape index (κ3) is 21.3. The Morgan fingerprint density at radius 2 is 1.01 bits per heavy atom. The number of alkyl halides is 3. The molecule has 0 saturated carbocycles. The van der Waals surface area contributed by atoms with Crippen LogP contribution < -0.4 is 39.0 Å². The molecule has 0 fully saturated rings. The molecule has 9 N–H and O–H groups in total. The fraction of sp³-hybridized carbons (Fsp3) is 0.261. The van der Waals surface area contributed by atoms with Crippen LogP contribution in [0.25, 0.3) is 0 Å². The molecular weight excluding hydrogens is 1090 g/mol. The number of carbonyl (C=O) groups excluding carboxylic acids is 2. The summed E-state index contributed by atoms with van der Waals surface area (Å²) in [6.45, 7) is 7.28. The highest BCUT2D eigenvalue weighted by molar-refractivity contribution is 7.80. The Kier molecular flexibility index (Phi) is 26.5. The summed E-state index contributed by atoms with van der Waals surface area (Å²) in [5, 5.41) is 16.4. The lowest BCUT2D eigenvalue weighted by molar-refractivity contribution is -0.148. The average molecular weight is 1140 g/mol. The maximum atomic E-state index is 13.4. The number of nitrogens with two attached hydrogens (primary N) is 3. The molecule has 2 aromatic heterocycles. The van der Waals surface area contributed by atoms with Gasteiger partial charge in [-0.15, -0.1) is 0 Å². The van der Waals surface area contributed by atoms with E-state index in [-0.39, 0.29) is 40.0 Å². The number of hydrogen-bond acceptors (Lipinski definition) is 11. The van der Waals surface area contributed by atoms with Gasteiger partial charge in [-0.1, -0.05) is 112 Å². The summed E-state index contributed by atoms with van der Waals surface area (Å²) < 4.78 is 41.0. The second-order valence-corrected chi connectivity index (χ2v) is 18.5. The Hall–Kier alpha value is -5.09. The van der Waals surface area contributed by atoms with Gasteiger partial charge < -0.3 is 32.9 Å². The summed E-state index contributed by atoms with van der Waals surface area (Å²) in [6.07, 6.45) is 4.45. The first-order valence-corrected chi connectivity index (χ1v) is 23.3. The van der Waals surface area contributed by atoms with E-state index in [1.807, 2.05) is 0 Å². The van der Waals surface area contributed by atoms with Gasteiger partial charge in [-0.3, -0.25) is 33.3 Å². The van der Waals surface area contributed by atoms with Crippen LogP contribution in [0, 0.1) is 0 Å². The summed E-state index contributed by atoms with van der Waals surface area (Å²) >= 11 is 45.1. The van der Waals surface area contributed by atoms with Gasteiger partial charge in [0, 0.05) is 55.7 Å². The largest absolute Gasteiger partial charge is 0.479 e. The molecule has 5 aromatic rings. The molecule has 384 valence electrons. The van der Waals surface area contributed by atoms with Crippen molar-refractivity contribution in [2.45, 2.75) is 78.2 Å². The number of aliphatic imine (C=N–C) groups is 1. The van der Waals surface area contributed by atoms with E-state index in [1.54, 1.807) is 60.7 Å². The standard InChI is InChI=1S/C13H13Cl2FN2OS.C11H13Cl2FN2O.C11H8N2O2S.C7H8Cl2N2.C4H7FO2/c1-13(2,16)12(19)18-7-8-3-4-9(14)11(10(8)15)17-5-6-20;1-11(2,14)10(17)16-5-6-3-4-7(12)9(15)8(6)13;14-9-5-1-3-7-12(9)11(16)13-8-4-2-6-10(13)15;8-5-2-1-4(3-10)6(9)7(5)11;1-4(2,5)3(6)7/h3-6H,7H2,1-2H3,(H,18,19);3-4H,5,15H2,1-2H3,(H,16,17);1-8H;1-2H,3,10-11H2;1-2H3,(H,6,7). The lowest BCUT2D eigenvalue weighted by Crippen LogP contribution is -2.38. The zero-order chi connectivity index (χ0) is 54.6. The molecule has 0 aliphatic carbocycles. The van der Waals surface area contributed by atoms with Gasteiger partial charge in [0.2, 0.25) is 5.67 Å². The quantitative estimate of drug-likeness (QED) is 0.0438. The smallest absolute Gasteiger partial charge is 0.340 e. The zero-order valence-corrected chi connectivity index (χ0v) is 44.8. The summed E-state index contributed by atoms with van der Waals surface area (Å²) in [6, 6.07) is 19.3. The molecule has 0 spiro atoms. The molecule has 0 atom stereocenters. The molecule has 0 unspecified atom stereocenters. The minimum absolute atomic E-state index is 0.0856. The number of carboxylic acids is 1. The van der Waals surface area contributed by atoms with Crippen molar-refractivity contribution in [3.05, 3.63) is 153 Å². The van der Waals surface area contributed by atoms with Crippen molar-refractivity contribution in [1.29, 1.82) is 0 Å². The highest BCUT2D eigenvalue weighted by atomic mass is 35.5. The summed E-state index contributed by atoms with van der Waals surface area (Å²) in [7, 11) is 0. The van der Waals surface area contributed by atoms with Crippen LogP contribution in [0.5, 0.6) is 0 Å². The zero-order valence-electron chi connectivity index (χ0n) is 38.6. The van der Waals surface area contributed by atoms with Crippen LogP contribution in [-0.4, -0.2) is 65.7 Å². The van der Waals surface area contributed by atoms with Crippen LogP contribution in [-0.2, 0) is 34.0 Å². The number of aromatic nitrogens is 2. The first kappa shape index (κ1) is 63.9. The molecule has 0 aliphatic heterocycles. The highest BCUT2D eigenvalue weighted by Crippen LogP contribution is 2.36. The van der Waals surface area contributed by atoms with Crippen molar-refractivity contribution >= 4 is 146 Å². The lowest BCUT2D eigenvalue weighted by atomic mass is 10.1. The van der Waals surface area contributed by atoms with Gasteiger partial charge in [0.15, 0.2) is 16.4 Å². The van der Waals surface area contributed by atoms with Crippen LogP contribution in [0.1, 0.15) is 58.2 Å². The van der Waals surface area contributed by atoms with Crippen molar-refractivity contribution in [2.24, 2.45) is 10.7 Å². The Bertz CT molecular complexity index is 2780. The Labute approximate surface area is 448 Å². The fourth-order valence-corrected chi connectivity index (χ4v) is 6.31. The van der Waals surface area contributed by atoms with E-state index in [2.05, 4.69) is 27.8 Å². The van der Waals surface area contributed by atoms with E-state index in [0.29, 0.717) is 54.2 Å². The number of anilines is 2. The number of pyridine rings is 2. The van der Waals surface area contributed by atoms with Gasteiger partial charge in [-0.25, -0.2) is 18.0 Å². The van der Waals surface area contributed by atoms with Crippen molar-refractivity contribution in [1.82, 2.24) is 19.8 Å². The number of nitrogen functional groups attached to an aromatic ring is 2. The maximum Gasteiger partial charge on any atom is 0.340 e. The molecule has 71 heavy (non-hydrogen) atoms. The molecule has 0 saturated heterocycles. The van der Waals surface area contributed by atoms with E-state index in [9.17, 15) is 37.1 Å². The number of carboxylic acid groups (broad SMARTS) is 1. The Morgan fingerprint density at radius 1 is 0.648 bits per heavy atom. The summed E-state index contributed by atoms with van der Waals surface area (Å²) in [4.78, 5) is 59.5. The molecular formula is C46H49Cl6F3N8O6S2. The number of amides is 2. The molecule has 0 radical (unpaired) electrons.